The molecule has 1 aliphatic rings. The maximum Gasteiger partial charge on any atom is 0.254 e. The highest BCUT2D eigenvalue weighted by Gasteiger charge is 2.23. The summed E-state index contributed by atoms with van der Waals surface area (Å²) in [6.07, 6.45) is 2.10. The minimum Gasteiger partial charge on any atom is -0.339 e. The van der Waals surface area contributed by atoms with Crippen molar-refractivity contribution in [3.05, 3.63) is 65.6 Å². The van der Waals surface area contributed by atoms with Gasteiger partial charge in [0.1, 0.15) is 5.82 Å². The minimum atomic E-state index is -0.265. The molecule has 1 amide bonds. The van der Waals surface area contributed by atoms with Crippen LogP contribution in [0, 0.1) is 18.7 Å². The summed E-state index contributed by atoms with van der Waals surface area (Å²) in [5.74, 6) is 0.488. The number of carbonyl (C=O) groups is 1. The van der Waals surface area contributed by atoms with Gasteiger partial charge in [-0.3, -0.25) is 9.78 Å². The van der Waals surface area contributed by atoms with Gasteiger partial charge < -0.3 is 4.90 Å². The molecular weight excluding hydrogens is 339 g/mol. The quantitative estimate of drug-likeness (QED) is 0.626. The first kappa shape index (κ1) is 17.7. The molecule has 3 aromatic rings. The van der Waals surface area contributed by atoms with E-state index in [1.165, 1.54) is 12.1 Å². The first-order valence-corrected chi connectivity index (χ1v) is 9.48. The van der Waals surface area contributed by atoms with Crippen LogP contribution in [0.3, 0.4) is 0 Å². The van der Waals surface area contributed by atoms with E-state index in [4.69, 9.17) is 4.98 Å². The zero-order valence-electron chi connectivity index (χ0n) is 15.7. The smallest absolute Gasteiger partial charge is 0.254 e. The summed E-state index contributed by atoms with van der Waals surface area (Å²) in [5.41, 5.74) is 4.11. The Morgan fingerprint density at radius 2 is 1.81 bits per heavy atom. The van der Waals surface area contributed by atoms with Gasteiger partial charge in [-0.1, -0.05) is 37.3 Å². The van der Waals surface area contributed by atoms with Crippen LogP contribution in [0.2, 0.25) is 0 Å². The van der Waals surface area contributed by atoms with Crippen LogP contribution < -0.4 is 0 Å². The highest BCUT2D eigenvalue weighted by atomic mass is 19.1. The summed E-state index contributed by atoms with van der Waals surface area (Å²) in [6.45, 7) is 5.76. The van der Waals surface area contributed by atoms with Gasteiger partial charge in [0.25, 0.3) is 5.91 Å². The summed E-state index contributed by atoms with van der Waals surface area (Å²) >= 11 is 0. The van der Waals surface area contributed by atoms with Gasteiger partial charge in [0.05, 0.1) is 11.1 Å². The van der Waals surface area contributed by atoms with Crippen LogP contribution in [0.25, 0.3) is 22.0 Å². The van der Waals surface area contributed by atoms with E-state index in [9.17, 15) is 9.18 Å². The van der Waals surface area contributed by atoms with Crippen LogP contribution in [-0.2, 0) is 0 Å². The molecule has 1 aliphatic heterocycles. The minimum absolute atomic E-state index is 0.0775. The molecule has 1 fully saturated rings. The molecule has 2 heterocycles. The number of hydrogen-bond donors (Lipinski definition) is 0. The number of piperidine rings is 1. The third-order valence-electron chi connectivity index (χ3n) is 5.42. The van der Waals surface area contributed by atoms with Crippen molar-refractivity contribution >= 4 is 16.8 Å². The van der Waals surface area contributed by atoms with Crippen molar-refractivity contribution < 1.29 is 9.18 Å². The van der Waals surface area contributed by atoms with Crippen LogP contribution in [-0.4, -0.2) is 28.9 Å². The number of pyridine rings is 1. The molecule has 1 saturated heterocycles. The molecule has 0 unspecified atom stereocenters. The molecular formula is C23H23FN2O. The number of benzene rings is 2. The van der Waals surface area contributed by atoms with E-state index in [2.05, 4.69) is 6.92 Å². The third kappa shape index (κ3) is 3.44. The SMILES string of the molecule is Cc1cc(C(=O)N2CCC(C)CC2)c2cccc(-c3ccc(F)cc3)c2n1. The molecule has 0 saturated carbocycles. The average molecular weight is 362 g/mol. The lowest BCUT2D eigenvalue weighted by molar-refractivity contribution is 0.0699. The predicted molar refractivity (Wildman–Crippen MR) is 106 cm³/mol. The fourth-order valence-corrected chi connectivity index (χ4v) is 3.80. The standard InChI is InChI=1S/C23H23FN2O/c1-15-10-12-26(13-11-15)23(27)21-14-16(2)25-22-19(4-3-5-20(21)22)17-6-8-18(24)9-7-17/h3-9,14-15H,10-13H2,1-2H3. The zero-order valence-corrected chi connectivity index (χ0v) is 15.7. The number of halogens is 1. The first-order chi connectivity index (χ1) is 13.0. The highest BCUT2D eigenvalue weighted by Crippen LogP contribution is 2.31. The lowest BCUT2D eigenvalue weighted by Gasteiger charge is -2.30. The largest absolute Gasteiger partial charge is 0.339 e. The third-order valence-corrected chi connectivity index (χ3v) is 5.42. The Morgan fingerprint density at radius 1 is 1.11 bits per heavy atom. The number of rotatable bonds is 2. The van der Waals surface area contributed by atoms with Crippen molar-refractivity contribution in [2.24, 2.45) is 5.92 Å². The van der Waals surface area contributed by atoms with E-state index in [1.807, 2.05) is 36.1 Å². The van der Waals surface area contributed by atoms with Gasteiger partial charge in [0.2, 0.25) is 0 Å². The van der Waals surface area contributed by atoms with Crippen LogP contribution in [0.5, 0.6) is 0 Å². The Kier molecular flexibility index (Phi) is 4.65. The van der Waals surface area contributed by atoms with Gasteiger partial charge in [-0.15, -0.1) is 0 Å². The highest BCUT2D eigenvalue weighted by molar-refractivity contribution is 6.09. The summed E-state index contributed by atoms with van der Waals surface area (Å²) in [4.78, 5) is 19.9. The maximum atomic E-state index is 13.3. The number of aryl methyl sites for hydroxylation is 1. The summed E-state index contributed by atoms with van der Waals surface area (Å²) in [6, 6.07) is 14.1. The van der Waals surface area contributed by atoms with E-state index < -0.39 is 0 Å². The van der Waals surface area contributed by atoms with Crippen molar-refractivity contribution in [2.75, 3.05) is 13.1 Å². The lowest BCUT2D eigenvalue weighted by atomic mass is 9.96. The molecule has 27 heavy (non-hydrogen) atoms. The number of aromatic nitrogens is 1. The lowest BCUT2D eigenvalue weighted by Crippen LogP contribution is -2.38. The predicted octanol–water partition coefficient (Wildman–Crippen LogP) is 5.22. The molecule has 0 spiro atoms. The maximum absolute atomic E-state index is 13.3. The van der Waals surface area contributed by atoms with Crippen molar-refractivity contribution in [2.45, 2.75) is 26.7 Å². The average Bonchev–Trinajstić information content (AvgIpc) is 2.68. The topological polar surface area (TPSA) is 33.2 Å². The molecule has 2 aromatic carbocycles. The Bertz CT molecular complexity index is 989. The monoisotopic (exact) mass is 362 g/mol. The fraction of sp³-hybridized carbons (Fsp3) is 0.304. The van der Waals surface area contributed by atoms with Crippen molar-refractivity contribution in [1.82, 2.24) is 9.88 Å². The van der Waals surface area contributed by atoms with Crippen molar-refractivity contribution in [3.8, 4) is 11.1 Å². The second-order valence-corrected chi connectivity index (χ2v) is 7.49. The van der Waals surface area contributed by atoms with E-state index >= 15 is 0 Å². The number of nitrogens with zero attached hydrogens (tertiary/aromatic N) is 2. The van der Waals surface area contributed by atoms with Gasteiger partial charge in [-0.25, -0.2) is 4.39 Å². The Hall–Kier alpha value is -2.75. The molecule has 0 N–H and O–H groups in total. The number of para-hydroxylation sites is 1. The van der Waals surface area contributed by atoms with Crippen LogP contribution >= 0.6 is 0 Å². The number of fused-ring (bicyclic) bond motifs is 1. The molecule has 0 bridgehead atoms. The second kappa shape index (κ2) is 7.10. The van der Waals surface area contributed by atoms with Gasteiger partial charge in [-0.2, -0.15) is 0 Å². The molecule has 1 aromatic heterocycles. The molecule has 138 valence electrons. The van der Waals surface area contributed by atoms with Crippen molar-refractivity contribution in [1.29, 1.82) is 0 Å². The van der Waals surface area contributed by atoms with Crippen LogP contribution in [0.1, 0.15) is 35.8 Å². The van der Waals surface area contributed by atoms with Gasteiger partial charge in [0.15, 0.2) is 0 Å². The Morgan fingerprint density at radius 3 is 2.52 bits per heavy atom. The molecule has 4 heteroatoms. The normalized spacial score (nSPS) is 15.3. The number of hydrogen-bond acceptors (Lipinski definition) is 2. The molecule has 4 rings (SSSR count). The van der Waals surface area contributed by atoms with Crippen LogP contribution in [0.4, 0.5) is 4.39 Å². The van der Waals surface area contributed by atoms with Gasteiger partial charge >= 0.3 is 0 Å². The first-order valence-electron chi connectivity index (χ1n) is 9.48. The molecule has 0 aliphatic carbocycles. The summed E-state index contributed by atoms with van der Waals surface area (Å²) < 4.78 is 13.3. The van der Waals surface area contributed by atoms with Gasteiger partial charge in [0, 0.05) is 29.7 Å². The molecule has 0 radical (unpaired) electrons. The van der Waals surface area contributed by atoms with Crippen molar-refractivity contribution in [3.63, 3.8) is 0 Å². The van der Waals surface area contributed by atoms with Gasteiger partial charge in [-0.05, 0) is 49.4 Å². The fourth-order valence-electron chi connectivity index (χ4n) is 3.80. The molecule has 0 atom stereocenters. The second-order valence-electron chi connectivity index (χ2n) is 7.49. The van der Waals surface area contributed by atoms with E-state index in [0.717, 1.165) is 53.7 Å². The summed E-state index contributed by atoms with van der Waals surface area (Å²) in [7, 11) is 0. The number of likely N-dealkylation sites (tertiary alicyclic amines) is 1. The zero-order chi connectivity index (χ0) is 19.0. The van der Waals surface area contributed by atoms with E-state index in [0.29, 0.717) is 11.5 Å². The molecule has 3 nitrogen and oxygen atoms in total. The van der Waals surface area contributed by atoms with E-state index in [1.54, 1.807) is 12.1 Å². The van der Waals surface area contributed by atoms with E-state index in [-0.39, 0.29) is 11.7 Å². The number of amides is 1. The number of carbonyl (C=O) groups excluding carboxylic acids is 1. The Labute approximate surface area is 158 Å². The Balaban J connectivity index is 1.82. The van der Waals surface area contributed by atoms with Crippen LogP contribution in [0.15, 0.2) is 48.5 Å². The summed E-state index contributed by atoms with van der Waals surface area (Å²) in [5, 5.41) is 0.853.